The number of hydrogen-bond acceptors (Lipinski definition) is 5. The summed E-state index contributed by atoms with van der Waals surface area (Å²) in [5, 5.41) is 0.159. The average Bonchev–Trinajstić information content (AvgIpc) is 3.14. The predicted molar refractivity (Wildman–Crippen MR) is 107 cm³/mol. The van der Waals surface area contributed by atoms with Gasteiger partial charge in [0.25, 0.3) is 0 Å². The Labute approximate surface area is 175 Å². The highest BCUT2D eigenvalue weighted by atomic mass is 35.5. The predicted octanol–water partition coefficient (Wildman–Crippen LogP) is 5.13. The van der Waals surface area contributed by atoms with Gasteiger partial charge in [0.2, 0.25) is 5.95 Å². The molecule has 0 spiro atoms. The Hall–Kier alpha value is -3.07. The summed E-state index contributed by atoms with van der Waals surface area (Å²) >= 11 is 6.16. The Morgan fingerprint density at radius 1 is 1.27 bits per heavy atom. The molecule has 0 aliphatic carbocycles. The van der Waals surface area contributed by atoms with Crippen LogP contribution in [0.1, 0.15) is 35.3 Å². The van der Waals surface area contributed by atoms with E-state index in [1.54, 1.807) is 6.92 Å². The normalized spacial score (nSPS) is 11.5. The second kappa shape index (κ2) is 8.35. The zero-order valence-electron chi connectivity index (χ0n) is 16.1. The van der Waals surface area contributed by atoms with Crippen molar-refractivity contribution in [2.24, 2.45) is 0 Å². The topological polar surface area (TPSA) is 93.9 Å². The van der Waals surface area contributed by atoms with E-state index in [0.717, 1.165) is 12.1 Å². The third-order valence-corrected chi connectivity index (χ3v) is 4.69. The minimum Gasteiger partial charge on any atom is -0.462 e. The lowest BCUT2D eigenvalue weighted by atomic mass is 9.97. The van der Waals surface area contributed by atoms with Crippen molar-refractivity contribution >= 4 is 23.5 Å². The van der Waals surface area contributed by atoms with Gasteiger partial charge in [-0.05, 0) is 37.1 Å². The van der Waals surface area contributed by atoms with Crippen LogP contribution in [-0.2, 0) is 17.3 Å². The number of nitrogens with one attached hydrogen (secondary N) is 1. The summed E-state index contributed by atoms with van der Waals surface area (Å²) in [4.78, 5) is 23.4. The van der Waals surface area contributed by atoms with Gasteiger partial charge in [0, 0.05) is 5.56 Å². The van der Waals surface area contributed by atoms with Crippen LogP contribution in [0.5, 0.6) is 0 Å². The standard InChI is InChI=1S/C20H18ClF3N4O2/c1-3-10-5-6-11(20(22,23)24)7-12(10)16-13(18(29)30-4-2)8-15(27-16)17-14(21)9-26-19(25)28-17/h5-9,27H,3-4H2,1-2H3,(H2,25,26,28). The largest absolute Gasteiger partial charge is 0.462 e. The number of halogens is 4. The molecule has 0 amide bonds. The van der Waals surface area contributed by atoms with Crippen molar-refractivity contribution < 1.29 is 22.7 Å². The highest BCUT2D eigenvalue weighted by Crippen LogP contribution is 2.37. The first-order chi connectivity index (χ1) is 14.2. The molecule has 0 atom stereocenters. The number of H-pyrrole nitrogens is 1. The number of nitrogens with zero attached hydrogens (tertiary/aromatic N) is 2. The molecule has 2 heterocycles. The van der Waals surface area contributed by atoms with E-state index in [4.69, 9.17) is 22.1 Å². The van der Waals surface area contributed by atoms with E-state index in [-0.39, 0.29) is 40.1 Å². The number of aromatic nitrogens is 3. The van der Waals surface area contributed by atoms with Crippen molar-refractivity contribution in [3.63, 3.8) is 0 Å². The SMILES string of the molecule is CCOC(=O)c1cc(-c2nc(N)ncc2Cl)[nH]c1-c1cc(C(F)(F)F)ccc1CC. The first-order valence-electron chi connectivity index (χ1n) is 9.04. The van der Waals surface area contributed by atoms with Crippen molar-refractivity contribution in [3.8, 4) is 22.6 Å². The highest BCUT2D eigenvalue weighted by molar-refractivity contribution is 6.32. The van der Waals surface area contributed by atoms with Crippen LogP contribution in [-0.4, -0.2) is 27.5 Å². The number of carbonyl (C=O) groups is 1. The summed E-state index contributed by atoms with van der Waals surface area (Å²) in [5.41, 5.74) is 6.41. The number of carbonyl (C=O) groups excluding carboxylic acids is 1. The Morgan fingerprint density at radius 2 is 2.00 bits per heavy atom. The van der Waals surface area contributed by atoms with Gasteiger partial charge in [0.05, 0.1) is 40.3 Å². The van der Waals surface area contributed by atoms with E-state index < -0.39 is 17.7 Å². The van der Waals surface area contributed by atoms with E-state index in [0.29, 0.717) is 17.7 Å². The van der Waals surface area contributed by atoms with Crippen LogP contribution in [0.2, 0.25) is 5.02 Å². The molecular weight excluding hydrogens is 421 g/mol. The summed E-state index contributed by atoms with van der Waals surface area (Å²) in [6.45, 7) is 3.54. The number of rotatable bonds is 5. The Bertz CT molecular complexity index is 1100. The lowest BCUT2D eigenvalue weighted by Gasteiger charge is -2.13. The second-order valence-electron chi connectivity index (χ2n) is 6.34. The molecule has 0 saturated heterocycles. The smallest absolute Gasteiger partial charge is 0.416 e. The fraction of sp³-hybridized carbons (Fsp3) is 0.250. The number of ether oxygens (including phenoxy) is 1. The number of aryl methyl sites for hydroxylation is 1. The highest BCUT2D eigenvalue weighted by Gasteiger charge is 2.32. The third kappa shape index (κ3) is 4.25. The Morgan fingerprint density at radius 3 is 2.63 bits per heavy atom. The number of alkyl halides is 3. The first-order valence-corrected chi connectivity index (χ1v) is 9.42. The van der Waals surface area contributed by atoms with Crippen LogP contribution >= 0.6 is 11.6 Å². The van der Waals surface area contributed by atoms with Gasteiger partial charge in [0.15, 0.2) is 0 Å². The summed E-state index contributed by atoms with van der Waals surface area (Å²) in [7, 11) is 0. The molecule has 0 aliphatic rings. The van der Waals surface area contributed by atoms with Crippen LogP contribution in [0, 0.1) is 0 Å². The van der Waals surface area contributed by atoms with Crippen molar-refractivity contribution in [2.45, 2.75) is 26.4 Å². The minimum absolute atomic E-state index is 0.0449. The van der Waals surface area contributed by atoms with Gasteiger partial charge in [-0.3, -0.25) is 0 Å². The monoisotopic (exact) mass is 438 g/mol. The van der Waals surface area contributed by atoms with Gasteiger partial charge < -0.3 is 15.5 Å². The second-order valence-corrected chi connectivity index (χ2v) is 6.75. The quantitative estimate of drug-likeness (QED) is 0.538. The number of anilines is 1. The maximum atomic E-state index is 13.3. The molecule has 0 bridgehead atoms. The van der Waals surface area contributed by atoms with Gasteiger partial charge in [0.1, 0.15) is 5.69 Å². The van der Waals surface area contributed by atoms with Crippen LogP contribution < -0.4 is 5.73 Å². The van der Waals surface area contributed by atoms with Crippen LogP contribution in [0.25, 0.3) is 22.6 Å². The number of benzene rings is 1. The number of hydrogen-bond donors (Lipinski definition) is 2. The third-order valence-electron chi connectivity index (χ3n) is 4.42. The lowest BCUT2D eigenvalue weighted by Crippen LogP contribution is -2.08. The zero-order chi connectivity index (χ0) is 22.1. The van der Waals surface area contributed by atoms with Crippen molar-refractivity contribution in [3.05, 3.63) is 52.2 Å². The molecule has 0 unspecified atom stereocenters. The summed E-state index contributed by atoms with van der Waals surface area (Å²) in [5.74, 6) is -0.732. The van der Waals surface area contributed by atoms with Crippen LogP contribution in [0.15, 0.2) is 30.5 Å². The maximum absolute atomic E-state index is 13.3. The summed E-state index contributed by atoms with van der Waals surface area (Å²) in [6, 6.07) is 4.84. The minimum atomic E-state index is -4.54. The van der Waals surface area contributed by atoms with Gasteiger partial charge in [-0.1, -0.05) is 24.6 Å². The maximum Gasteiger partial charge on any atom is 0.416 e. The number of nitrogen functional groups attached to an aromatic ring is 1. The van der Waals surface area contributed by atoms with Crippen molar-refractivity contribution in [2.75, 3.05) is 12.3 Å². The molecule has 158 valence electrons. The fourth-order valence-corrected chi connectivity index (χ4v) is 3.22. The first kappa shape index (κ1) is 21.6. The van der Waals surface area contributed by atoms with Crippen LogP contribution in [0.4, 0.5) is 19.1 Å². The van der Waals surface area contributed by atoms with Gasteiger partial charge in [-0.25, -0.2) is 14.8 Å². The summed E-state index contributed by atoms with van der Waals surface area (Å²) < 4.78 is 45.0. The molecule has 3 N–H and O–H groups in total. The number of nitrogens with two attached hydrogens (primary N) is 1. The Kier molecular flexibility index (Phi) is 6.02. The van der Waals surface area contributed by atoms with Crippen molar-refractivity contribution in [1.29, 1.82) is 0 Å². The van der Waals surface area contributed by atoms with E-state index >= 15 is 0 Å². The van der Waals surface area contributed by atoms with Gasteiger partial charge >= 0.3 is 12.1 Å². The van der Waals surface area contributed by atoms with E-state index in [1.165, 1.54) is 18.3 Å². The Balaban J connectivity index is 2.27. The number of esters is 1. The fourth-order valence-electron chi connectivity index (χ4n) is 3.03. The molecule has 10 heteroatoms. The molecule has 2 aromatic heterocycles. The molecule has 6 nitrogen and oxygen atoms in total. The van der Waals surface area contributed by atoms with E-state index in [1.807, 2.05) is 6.92 Å². The van der Waals surface area contributed by atoms with Crippen molar-refractivity contribution in [1.82, 2.24) is 15.0 Å². The molecule has 0 radical (unpaired) electrons. The van der Waals surface area contributed by atoms with Crippen LogP contribution in [0.3, 0.4) is 0 Å². The zero-order valence-corrected chi connectivity index (χ0v) is 16.9. The van der Waals surface area contributed by atoms with E-state index in [2.05, 4.69) is 15.0 Å². The van der Waals surface area contributed by atoms with Gasteiger partial charge in [-0.15, -0.1) is 0 Å². The van der Waals surface area contributed by atoms with E-state index in [9.17, 15) is 18.0 Å². The molecular formula is C20H18ClF3N4O2. The van der Waals surface area contributed by atoms with Gasteiger partial charge in [-0.2, -0.15) is 13.2 Å². The average molecular weight is 439 g/mol. The molecule has 3 aromatic rings. The molecule has 0 aliphatic heterocycles. The molecule has 0 saturated carbocycles. The lowest BCUT2D eigenvalue weighted by molar-refractivity contribution is -0.137. The number of aromatic amines is 1. The summed E-state index contributed by atoms with van der Waals surface area (Å²) in [6.07, 6.45) is -2.79. The molecule has 0 fully saturated rings. The molecule has 3 rings (SSSR count). The molecule has 1 aromatic carbocycles. The molecule has 30 heavy (non-hydrogen) atoms.